The highest BCUT2D eigenvalue weighted by Gasteiger charge is 2.18. The van der Waals surface area contributed by atoms with Gasteiger partial charge in [-0.15, -0.1) is 0 Å². The summed E-state index contributed by atoms with van der Waals surface area (Å²) in [4.78, 5) is 14.5. The van der Waals surface area contributed by atoms with E-state index >= 15 is 0 Å². The first kappa shape index (κ1) is 12.8. The zero-order valence-electron chi connectivity index (χ0n) is 11.1. The summed E-state index contributed by atoms with van der Waals surface area (Å²) in [6, 6.07) is 10.0. The molecule has 0 saturated heterocycles. The highest BCUT2D eigenvalue weighted by atomic mass is 16.7. The van der Waals surface area contributed by atoms with Crippen LogP contribution in [-0.2, 0) is 4.84 Å². The van der Waals surface area contributed by atoms with Gasteiger partial charge in [-0.25, -0.2) is 5.48 Å². The van der Waals surface area contributed by atoms with E-state index in [1.165, 1.54) is 0 Å². The Labute approximate surface area is 108 Å². The Kier molecular flexibility index (Phi) is 3.77. The van der Waals surface area contributed by atoms with Crippen LogP contribution in [0.2, 0.25) is 0 Å². The van der Waals surface area contributed by atoms with Gasteiger partial charge in [-0.1, -0.05) is 30.3 Å². The fraction of sp³-hybridized carbons (Fsp3) is 0.429. The van der Waals surface area contributed by atoms with Crippen LogP contribution in [0, 0.1) is 0 Å². The Morgan fingerprint density at radius 2 is 1.72 bits per heavy atom. The predicted octanol–water partition coefficient (Wildman–Crippen LogP) is 2.21. The number of rotatable bonds is 2. The van der Waals surface area contributed by atoms with Crippen molar-refractivity contribution in [1.29, 1.82) is 0 Å². The minimum absolute atomic E-state index is 0.262. The molecule has 4 nitrogen and oxygen atoms in total. The summed E-state index contributed by atoms with van der Waals surface area (Å²) < 4.78 is 0. The van der Waals surface area contributed by atoms with Gasteiger partial charge < -0.3 is 0 Å². The number of nitrogens with zero attached hydrogens (tertiary/aromatic N) is 2. The normalized spacial score (nSPS) is 15.9. The quantitative estimate of drug-likeness (QED) is 0.812. The number of hydroxylamine groups is 1. The predicted molar refractivity (Wildman–Crippen MR) is 74.1 cm³/mol. The summed E-state index contributed by atoms with van der Waals surface area (Å²) in [7, 11) is 0. The lowest BCUT2D eigenvalue weighted by molar-refractivity contribution is -0.0416. The van der Waals surface area contributed by atoms with Crippen LogP contribution in [0.25, 0.3) is 0 Å². The number of nitrogens with one attached hydrogen (secondary N) is 1. The van der Waals surface area contributed by atoms with Crippen LogP contribution in [0.3, 0.4) is 0 Å². The van der Waals surface area contributed by atoms with Crippen molar-refractivity contribution in [3.05, 3.63) is 35.9 Å². The van der Waals surface area contributed by atoms with E-state index in [1.807, 2.05) is 51.1 Å². The molecular formula is C14H19N3O. The van der Waals surface area contributed by atoms with Crippen molar-refractivity contribution in [2.45, 2.75) is 26.4 Å². The zero-order chi connectivity index (χ0) is 13.0. The molecule has 0 radical (unpaired) electrons. The number of hydrogen-bond acceptors (Lipinski definition) is 4. The van der Waals surface area contributed by atoms with E-state index in [0.29, 0.717) is 12.4 Å². The molecule has 0 aliphatic carbocycles. The summed E-state index contributed by atoms with van der Waals surface area (Å²) in [6.07, 6.45) is 0. The molecule has 96 valence electrons. The molecule has 0 bridgehead atoms. The molecule has 0 atom stereocenters. The SMILES string of the molecule is CC(C)(C)ONC1=NCCN=C1c1ccccc1. The van der Waals surface area contributed by atoms with E-state index in [2.05, 4.69) is 15.5 Å². The maximum absolute atomic E-state index is 5.56. The molecule has 0 aromatic heterocycles. The van der Waals surface area contributed by atoms with Crippen LogP contribution in [0.5, 0.6) is 0 Å². The molecule has 4 heteroatoms. The maximum atomic E-state index is 5.56. The van der Waals surface area contributed by atoms with E-state index in [1.54, 1.807) is 0 Å². The monoisotopic (exact) mass is 245 g/mol. The number of benzene rings is 1. The molecule has 1 heterocycles. The molecule has 0 amide bonds. The molecule has 1 aliphatic heterocycles. The molecule has 18 heavy (non-hydrogen) atoms. The second-order valence-corrected chi connectivity index (χ2v) is 5.14. The number of aliphatic imine (C=N–C) groups is 2. The first-order chi connectivity index (χ1) is 8.56. The van der Waals surface area contributed by atoms with E-state index < -0.39 is 0 Å². The van der Waals surface area contributed by atoms with Crippen LogP contribution in [-0.4, -0.2) is 30.2 Å². The van der Waals surface area contributed by atoms with Crippen molar-refractivity contribution >= 4 is 11.5 Å². The third kappa shape index (κ3) is 3.40. The van der Waals surface area contributed by atoms with Crippen LogP contribution >= 0.6 is 0 Å². The van der Waals surface area contributed by atoms with Crippen LogP contribution < -0.4 is 5.48 Å². The van der Waals surface area contributed by atoms with Crippen molar-refractivity contribution < 1.29 is 4.84 Å². The smallest absolute Gasteiger partial charge is 0.171 e. The lowest BCUT2D eigenvalue weighted by atomic mass is 10.1. The van der Waals surface area contributed by atoms with Crippen molar-refractivity contribution in [2.75, 3.05) is 13.1 Å². The Bertz CT molecular complexity index is 458. The summed E-state index contributed by atoms with van der Waals surface area (Å²) >= 11 is 0. The van der Waals surface area contributed by atoms with Crippen molar-refractivity contribution in [1.82, 2.24) is 5.48 Å². The van der Waals surface area contributed by atoms with Gasteiger partial charge in [-0.2, -0.15) is 0 Å². The fourth-order valence-electron chi connectivity index (χ4n) is 1.58. The third-order valence-electron chi connectivity index (χ3n) is 2.37. The molecule has 1 aromatic rings. The molecule has 0 unspecified atom stereocenters. The van der Waals surface area contributed by atoms with E-state index in [4.69, 9.17) is 4.84 Å². The molecule has 0 spiro atoms. The highest BCUT2D eigenvalue weighted by molar-refractivity contribution is 6.47. The van der Waals surface area contributed by atoms with Gasteiger partial charge in [0.25, 0.3) is 0 Å². The van der Waals surface area contributed by atoms with Crippen molar-refractivity contribution in [2.24, 2.45) is 9.98 Å². The van der Waals surface area contributed by atoms with E-state index in [0.717, 1.165) is 17.8 Å². The molecule has 2 rings (SSSR count). The highest BCUT2D eigenvalue weighted by Crippen LogP contribution is 2.08. The molecule has 0 fully saturated rings. The van der Waals surface area contributed by atoms with Gasteiger partial charge in [0.05, 0.1) is 18.7 Å². The summed E-state index contributed by atoms with van der Waals surface area (Å²) in [5, 5.41) is 0. The Morgan fingerprint density at radius 1 is 1.06 bits per heavy atom. The van der Waals surface area contributed by atoms with Gasteiger partial charge >= 0.3 is 0 Å². The summed E-state index contributed by atoms with van der Waals surface area (Å²) in [6.45, 7) is 7.39. The largest absolute Gasteiger partial charge is 0.279 e. The van der Waals surface area contributed by atoms with Gasteiger partial charge in [-0.3, -0.25) is 14.8 Å². The van der Waals surface area contributed by atoms with Gasteiger partial charge in [0, 0.05) is 5.56 Å². The van der Waals surface area contributed by atoms with E-state index in [-0.39, 0.29) is 5.60 Å². The second kappa shape index (κ2) is 5.31. The van der Waals surface area contributed by atoms with Gasteiger partial charge in [0.1, 0.15) is 5.71 Å². The number of hydrogen-bond donors (Lipinski definition) is 1. The van der Waals surface area contributed by atoms with Crippen LogP contribution in [0.4, 0.5) is 0 Å². The summed E-state index contributed by atoms with van der Waals surface area (Å²) in [5.41, 5.74) is 4.59. The lowest BCUT2D eigenvalue weighted by Gasteiger charge is -2.22. The fourth-order valence-corrected chi connectivity index (χ4v) is 1.58. The van der Waals surface area contributed by atoms with Crippen LogP contribution in [0.15, 0.2) is 40.3 Å². The Hall–Kier alpha value is -1.68. The lowest BCUT2D eigenvalue weighted by Crippen LogP contribution is -2.39. The van der Waals surface area contributed by atoms with Gasteiger partial charge in [-0.05, 0) is 20.8 Å². The van der Waals surface area contributed by atoms with Crippen molar-refractivity contribution in [3.8, 4) is 0 Å². The minimum atomic E-state index is -0.262. The summed E-state index contributed by atoms with van der Waals surface area (Å²) in [5.74, 6) is 0.711. The van der Waals surface area contributed by atoms with Gasteiger partial charge in [0.2, 0.25) is 0 Å². The Morgan fingerprint density at radius 3 is 2.39 bits per heavy atom. The number of amidine groups is 1. The molecule has 1 aliphatic rings. The first-order valence-corrected chi connectivity index (χ1v) is 6.15. The zero-order valence-corrected chi connectivity index (χ0v) is 11.1. The average molecular weight is 245 g/mol. The molecule has 1 N–H and O–H groups in total. The average Bonchev–Trinajstić information content (AvgIpc) is 2.37. The first-order valence-electron chi connectivity index (χ1n) is 6.15. The second-order valence-electron chi connectivity index (χ2n) is 5.14. The minimum Gasteiger partial charge on any atom is -0.279 e. The van der Waals surface area contributed by atoms with Crippen LogP contribution in [0.1, 0.15) is 26.3 Å². The Balaban J connectivity index is 2.14. The maximum Gasteiger partial charge on any atom is 0.171 e. The molecule has 0 saturated carbocycles. The standard InChI is InChI=1S/C14H19N3O/c1-14(2,3)18-17-13-12(15-9-10-16-13)11-7-5-4-6-8-11/h4-8H,9-10H2,1-3H3,(H,16,17). The van der Waals surface area contributed by atoms with E-state index in [9.17, 15) is 0 Å². The molecular weight excluding hydrogens is 226 g/mol. The van der Waals surface area contributed by atoms with Crippen molar-refractivity contribution in [3.63, 3.8) is 0 Å². The molecule has 1 aromatic carbocycles. The van der Waals surface area contributed by atoms with Gasteiger partial charge in [0.15, 0.2) is 5.84 Å². The third-order valence-corrected chi connectivity index (χ3v) is 2.37. The topological polar surface area (TPSA) is 46.0 Å².